The highest BCUT2D eigenvalue weighted by atomic mass is 19.4. The summed E-state index contributed by atoms with van der Waals surface area (Å²) < 4.78 is 78.9. The zero-order valence-electron chi connectivity index (χ0n) is 21.7. The van der Waals surface area contributed by atoms with Gasteiger partial charge < -0.3 is 15.3 Å². The maximum atomic E-state index is 13.1. The summed E-state index contributed by atoms with van der Waals surface area (Å²) >= 11 is 0. The standard InChI is InChI=1S/C29H32F6N2O2/c1-18-17-37(12-10-27(18)9-7-21-5-3-4-6-25(21)27)11-8-24(19(2)38)26(39)36-16-20-13-22(28(30,31)32)15-23(14-20)29(33,34)35/h3-7,9,13-15,18-19,24,38H,8,10-12,16-17H2,1-2H3,(H,36,39)/t18-,19?,24?,27-/m0/s1. The molecule has 1 saturated heterocycles. The van der Waals surface area contributed by atoms with Crippen molar-refractivity contribution in [3.63, 3.8) is 0 Å². The van der Waals surface area contributed by atoms with Crippen molar-refractivity contribution in [3.05, 3.63) is 76.4 Å². The van der Waals surface area contributed by atoms with Crippen molar-refractivity contribution in [2.24, 2.45) is 11.8 Å². The molecule has 4 nitrogen and oxygen atoms in total. The Hall–Kier alpha value is -2.85. The number of nitrogens with one attached hydrogen (secondary N) is 1. The Morgan fingerprint density at radius 2 is 1.74 bits per heavy atom. The molecule has 2 N–H and O–H groups in total. The first-order chi connectivity index (χ1) is 18.2. The molecule has 2 aromatic rings. The van der Waals surface area contributed by atoms with Crippen molar-refractivity contribution in [1.82, 2.24) is 10.2 Å². The van der Waals surface area contributed by atoms with Crippen LogP contribution < -0.4 is 5.32 Å². The highest BCUT2D eigenvalue weighted by molar-refractivity contribution is 5.79. The topological polar surface area (TPSA) is 52.6 Å². The summed E-state index contributed by atoms with van der Waals surface area (Å²) in [5.41, 5.74) is -0.687. The lowest BCUT2D eigenvalue weighted by atomic mass is 9.68. The van der Waals surface area contributed by atoms with Gasteiger partial charge in [0.05, 0.1) is 23.1 Å². The predicted molar refractivity (Wildman–Crippen MR) is 135 cm³/mol. The van der Waals surface area contributed by atoms with Crippen molar-refractivity contribution in [3.8, 4) is 0 Å². The van der Waals surface area contributed by atoms with Gasteiger partial charge in [-0.2, -0.15) is 26.3 Å². The van der Waals surface area contributed by atoms with Crippen LogP contribution in [-0.4, -0.2) is 41.7 Å². The van der Waals surface area contributed by atoms with Crippen LogP contribution in [0, 0.1) is 11.8 Å². The molecule has 0 bridgehead atoms. The van der Waals surface area contributed by atoms with Gasteiger partial charge in [-0.3, -0.25) is 4.79 Å². The smallest absolute Gasteiger partial charge is 0.393 e. The molecule has 1 aliphatic carbocycles. The van der Waals surface area contributed by atoms with E-state index in [4.69, 9.17) is 0 Å². The minimum absolute atomic E-state index is 0.0334. The molecule has 4 rings (SSSR count). The monoisotopic (exact) mass is 554 g/mol. The molecule has 4 atom stereocenters. The number of piperidine rings is 1. The fourth-order valence-electron chi connectivity index (χ4n) is 5.83. The van der Waals surface area contributed by atoms with Gasteiger partial charge in [0.2, 0.25) is 5.91 Å². The lowest BCUT2D eigenvalue weighted by molar-refractivity contribution is -0.143. The molecule has 0 radical (unpaired) electrons. The van der Waals surface area contributed by atoms with Gasteiger partial charge in [-0.1, -0.05) is 43.3 Å². The van der Waals surface area contributed by atoms with Crippen LogP contribution in [0.3, 0.4) is 0 Å². The van der Waals surface area contributed by atoms with Crippen molar-refractivity contribution < 1.29 is 36.2 Å². The summed E-state index contributed by atoms with van der Waals surface area (Å²) in [4.78, 5) is 15.1. The Bertz CT molecular complexity index is 1190. The number of likely N-dealkylation sites (tertiary alicyclic amines) is 1. The van der Waals surface area contributed by atoms with Crippen molar-refractivity contribution in [1.29, 1.82) is 0 Å². The molecule has 2 aliphatic rings. The minimum atomic E-state index is -4.97. The highest BCUT2D eigenvalue weighted by Crippen LogP contribution is 2.46. The molecular formula is C29H32F6N2O2. The second-order valence-corrected chi connectivity index (χ2v) is 10.7. The van der Waals surface area contributed by atoms with Crippen LogP contribution in [0.15, 0.2) is 48.5 Å². The number of nitrogens with zero attached hydrogens (tertiary/aromatic N) is 1. The van der Waals surface area contributed by atoms with Gasteiger partial charge >= 0.3 is 12.4 Å². The van der Waals surface area contributed by atoms with Crippen LogP contribution in [0.4, 0.5) is 26.3 Å². The summed E-state index contributed by atoms with van der Waals surface area (Å²) in [7, 11) is 0. The van der Waals surface area contributed by atoms with Gasteiger partial charge in [0.15, 0.2) is 0 Å². The number of hydrogen-bond donors (Lipinski definition) is 2. The maximum Gasteiger partial charge on any atom is 0.416 e. The Morgan fingerprint density at radius 1 is 1.10 bits per heavy atom. The zero-order valence-corrected chi connectivity index (χ0v) is 21.7. The van der Waals surface area contributed by atoms with E-state index in [1.807, 2.05) is 12.1 Å². The molecular weight excluding hydrogens is 522 g/mol. The number of allylic oxidation sites excluding steroid dienone is 1. The lowest BCUT2D eigenvalue weighted by Gasteiger charge is -2.45. The summed E-state index contributed by atoms with van der Waals surface area (Å²) in [5.74, 6) is -1.17. The molecule has 39 heavy (non-hydrogen) atoms. The molecule has 1 heterocycles. The first kappa shape index (κ1) is 29.1. The average Bonchev–Trinajstić information content (AvgIpc) is 3.23. The third kappa shape index (κ3) is 6.32. The van der Waals surface area contributed by atoms with E-state index in [0.29, 0.717) is 31.0 Å². The van der Waals surface area contributed by atoms with Gasteiger partial charge in [-0.05, 0) is 73.7 Å². The number of hydrogen-bond acceptors (Lipinski definition) is 3. The van der Waals surface area contributed by atoms with Crippen LogP contribution >= 0.6 is 0 Å². The number of aliphatic hydroxyl groups excluding tert-OH is 1. The number of alkyl halides is 6. The SMILES string of the molecule is CC(O)C(CCN1CC[C@@]2(C=Cc3ccccc32)[C@@H](C)C1)C(=O)NCc1cc(C(F)(F)F)cc(C(F)(F)F)c1. The summed E-state index contributed by atoms with van der Waals surface area (Å²) in [6.45, 7) is 5.23. The van der Waals surface area contributed by atoms with Gasteiger partial charge in [0.25, 0.3) is 0 Å². The van der Waals surface area contributed by atoms with E-state index in [1.165, 1.54) is 18.1 Å². The van der Waals surface area contributed by atoms with E-state index < -0.39 is 48.0 Å². The molecule has 1 aliphatic heterocycles. The second kappa shape index (κ2) is 11.0. The van der Waals surface area contributed by atoms with Crippen molar-refractivity contribution in [2.45, 2.75) is 57.1 Å². The number of amides is 1. The summed E-state index contributed by atoms with van der Waals surface area (Å²) in [6, 6.07) is 9.56. The van der Waals surface area contributed by atoms with Crippen LogP contribution in [0.25, 0.3) is 6.08 Å². The van der Waals surface area contributed by atoms with E-state index in [9.17, 15) is 36.2 Å². The van der Waals surface area contributed by atoms with E-state index in [0.717, 1.165) is 19.5 Å². The first-order valence-electron chi connectivity index (χ1n) is 13.0. The third-order valence-corrected chi connectivity index (χ3v) is 8.07. The van der Waals surface area contributed by atoms with Gasteiger partial charge in [-0.25, -0.2) is 0 Å². The molecule has 212 valence electrons. The van der Waals surface area contributed by atoms with Gasteiger partial charge in [-0.15, -0.1) is 0 Å². The van der Waals surface area contributed by atoms with Gasteiger partial charge in [0.1, 0.15) is 0 Å². The quantitative estimate of drug-likeness (QED) is 0.411. The number of halogens is 6. The molecule has 0 saturated carbocycles. The van der Waals surface area contributed by atoms with E-state index in [1.54, 1.807) is 0 Å². The minimum Gasteiger partial charge on any atom is -0.393 e. The molecule has 1 fully saturated rings. The number of benzene rings is 2. The fourth-order valence-corrected chi connectivity index (χ4v) is 5.83. The Morgan fingerprint density at radius 3 is 2.33 bits per heavy atom. The van der Waals surface area contributed by atoms with Crippen LogP contribution in [0.5, 0.6) is 0 Å². The zero-order chi connectivity index (χ0) is 28.6. The van der Waals surface area contributed by atoms with E-state index in [-0.39, 0.29) is 17.0 Å². The average molecular weight is 555 g/mol. The molecule has 2 aromatic carbocycles. The number of fused-ring (bicyclic) bond motifs is 2. The van der Waals surface area contributed by atoms with E-state index in [2.05, 4.69) is 41.4 Å². The van der Waals surface area contributed by atoms with Crippen LogP contribution in [0.1, 0.15) is 54.5 Å². The second-order valence-electron chi connectivity index (χ2n) is 10.7. The molecule has 1 amide bonds. The summed E-state index contributed by atoms with van der Waals surface area (Å²) in [6.07, 6.45) is -5.33. The predicted octanol–water partition coefficient (Wildman–Crippen LogP) is 6.03. The Kier molecular flexibility index (Phi) is 8.19. The Balaban J connectivity index is 1.37. The molecule has 10 heteroatoms. The number of rotatable bonds is 7. The van der Waals surface area contributed by atoms with Crippen molar-refractivity contribution in [2.75, 3.05) is 19.6 Å². The molecule has 0 aromatic heterocycles. The lowest BCUT2D eigenvalue weighted by Crippen LogP contribution is -2.48. The number of carbonyl (C=O) groups excluding carboxylic acids is 1. The number of carbonyl (C=O) groups is 1. The normalized spacial score (nSPS) is 23.1. The van der Waals surface area contributed by atoms with Crippen LogP contribution in [-0.2, 0) is 29.1 Å². The van der Waals surface area contributed by atoms with Crippen molar-refractivity contribution >= 4 is 12.0 Å². The fraction of sp³-hybridized carbons (Fsp3) is 0.483. The molecule has 1 spiro atoms. The largest absolute Gasteiger partial charge is 0.416 e. The third-order valence-electron chi connectivity index (χ3n) is 8.07. The molecule has 2 unspecified atom stereocenters. The Labute approximate surface area is 223 Å². The highest BCUT2D eigenvalue weighted by Gasteiger charge is 2.43. The number of aliphatic hydroxyl groups is 1. The first-order valence-corrected chi connectivity index (χ1v) is 13.0. The maximum absolute atomic E-state index is 13.1. The summed E-state index contributed by atoms with van der Waals surface area (Å²) in [5, 5.41) is 12.7. The van der Waals surface area contributed by atoms with Gasteiger partial charge in [0, 0.05) is 18.5 Å². The van der Waals surface area contributed by atoms with E-state index >= 15 is 0 Å². The van der Waals surface area contributed by atoms with Crippen LogP contribution in [0.2, 0.25) is 0 Å².